The molecule has 17 heavy (non-hydrogen) atoms. The van der Waals surface area contributed by atoms with E-state index in [1.54, 1.807) is 6.92 Å². The van der Waals surface area contributed by atoms with Crippen molar-refractivity contribution in [3.63, 3.8) is 0 Å². The van der Waals surface area contributed by atoms with Gasteiger partial charge in [0.25, 0.3) is 0 Å². The molecular formula is C11H15F3O3. The summed E-state index contributed by atoms with van der Waals surface area (Å²) in [5.41, 5.74) is 0. The van der Waals surface area contributed by atoms with Crippen LogP contribution in [0.1, 0.15) is 13.3 Å². The monoisotopic (exact) mass is 252 g/mol. The van der Waals surface area contributed by atoms with E-state index >= 15 is 0 Å². The van der Waals surface area contributed by atoms with Crippen molar-refractivity contribution in [3.05, 3.63) is 25.1 Å². The predicted molar refractivity (Wildman–Crippen MR) is 56.1 cm³/mol. The second-order valence-electron chi connectivity index (χ2n) is 3.18. The molecule has 0 saturated heterocycles. The fraction of sp³-hybridized carbons (Fsp3) is 0.545. The number of alkyl halides is 2. The maximum atomic E-state index is 13.3. The van der Waals surface area contributed by atoms with E-state index in [2.05, 4.69) is 22.6 Å². The molecule has 0 amide bonds. The van der Waals surface area contributed by atoms with E-state index < -0.39 is 36.9 Å². The minimum Gasteiger partial charge on any atom is -0.438 e. The number of esters is 1. The summed E-state index contributed by atoms with van der Waals surface area (Å²) in [5.74, 6) is -9.07. The lowest BCUT2D eigenvalue weighted by atomic mass is 9.97. The quantitative estimate of drug-likeness (QED) is 0.288. The molecule has 0 heterocycles. The zero-order valence-electron chi connectivity index (χ0n) is 9.55. The molecule has 0 aliphatic carbocycles. The topological polar surface area (TPSA) is 35.5 Å². The van der Waals surface area contributed by atoms with Crippen LogP contribution in [0, 0.1) is 5.92 Å². The Labute approximate surface area is 97.9 Å². The van der Waals surface area contributed by atoms with Crippen LogP contribution in [0.15, 0.2) is 25.1 Å². The van der Waals surface area contributed by atoms with Gasteiger partial charge in [0, 0.05) is 6.61 Å². The van der Waals surface area contributed by atoms with Gasteiger partial charge in [-0.25, -0.2) is 4.39 Å². The normalized spacial score (nSPS) is 12.9. The Kier molecular flexibility index (Phi) is 6.57. The summed E-state index contributed by atoms with van der Waals surface area (Å²) < 4.78 is 48.3. The number of hydrogen-bond donors (Lipinski definition) is 0. The molecule has 0 bridgehead atoms. The lowest BCUT2D eigenvalue weighted by molar-refractivity contribution is -0.172. The van der Waals surface area contributed by atoms with Crippen molar-refractivity contribution in [1.29, 1.82) is 0 Å². The number of allylic oxidation sites excluding steroid dienone is 2. The van der Waals surface area contributed by atoms with Crippen molar-refractivity contribution >= 4 is 5.97 Å². The number of halogens is 3. The molecule has 0 aromatic rings. The molecule has 0 rings (SSSR count). The minimum atomic E-state index is -3.97. The van der Waals surface area contributed by atoms with Gasteiger partial charge in [0.1, 0.15) is 5.92 Å². The molecule has 0 aromatic carbocycles. The zero-order chi connectivity index (χ0) is 13.5. The van der Waals surface area contributed by atoms with Gasteiger partial charge in [0.15, 0.2) is 12.6 Å². The zero-order valence-corrected chi connectivity index (χ0v) is 9.55. The van der Waals surface area contributed by atoms with E-state index in [0.29, 0.717) is 0 Å². The van der Waals surface area contributed by atoms with Gasteiger partial charge < -0.3 is 9.47 Å². The van der Waals surface area contributed by atoms with Crippen molar-refractivity contribution in [3.8, 4) is 0 Å². The highest BCUT2D eigenvalue weighted by Crippen LogP contribution is 2.35. The number of hydrogen-bond acceptors (Lipinski definition) is 3. The summed E-state index contributed by atoms with van der Waals surface area (Å²) in [5, 5.41) is 0. The first kappa shape index (κ1) is 15.7. The molecule has 0 N–H and O–H groups in total. The fourth-order valence-electron chi connectivity index (χ4n) is 1.03. The average Bonchev–Trinajstić information content (AvgIpc) is 2.25. The van der Waals surface area contributed by atoms with Gasteiger partial charge >= 0.3 is 11.9 Å². The van der Waals surface area contributed by atoms with Crippen molar-refractivity contribution in [1.82, 2.24) is 0 Å². The lowest BCUT2D eigenvalue weighted by Gasteiger charge is -2.22. The SMILES string of the molecule is C=CCC(C(=O)OCOCC)C(F)(F)C(=C)F. The maximum absolute atomic E-state index is 13.3. The minimum absolute atomic E-state index is 0.269. The van der Waals surface area contributed by atoms with Crippen molar-refractivity contribution < 1.29 is 27.4 Å². The molecule has 3 nitrogen and oxygen atoms in total. The predicted octanol–water partition coefficient (Wildman–Crippen LogP) is 2.83. The van der Waals surface area contributed by atoms with Gasteiger partial charge in [0.05, 0.1) is 0 Å². The molecule has 98 valence electrons. The van der Waals surface area contributed by atoms with E-state index in [9.17, 15) is 18.0 Å². The van der Waals surface area contributed by atoms with E-state index in [-0.39, 0.29) is 6.61 Å². The summed E-state index contributed by atoms with van der Waals surface area (Å²) in [6.07, 6.45) is 0.671. The highest BCUT2D eigenvalue weighted by molar-refractivity contribution is 5.74. The summed E-state index contributed by atoms with van der Waals surface area (Å²) in [4.78, 5) is 11.3. The summed E-state index contributed by atoms with van der Waals surface area (Å²) in [6, 6.07) is 0. The maximum Gasteiger partial charge on any atom is 0.317 e. The molecular weight excluding hydrogens is 237 g/mol. The number of carbonyl (C=O) groups excluding carboxylic acids is 1. The van der Waals surface area contributed by atoms with E-state index in [1.165, 1.54) is 0 Å². The Morgan fingerprint density at radius 3 is 2.53 bits per heavy atom. The first-order valence-electron chi connectivity index (χ1n) is 4.95. The third-order valence-corrected chi connectivity index (χ3v) is 1.97. The van der Waals surface area contributed by atoms with E-state index in [1.807, 2.05) is 0 Å². The Balaban J connectivity index is 4.66. The molecule has 0 aliphatic rings. The Morgan fingerprint density at radius 1 is 1.53 bits per heavy atom. The van der Waals surface area contributed by atoms with Crippen LogP contribution in [0.2, 0.25) is 0 Å². The van der Waals surface area contributed by atoms with E-state index in [4.69, 9.17) is 0 Å². The van der Waals surface area contributed by atoms with Gasteiger partial charge in [-0.2, -0.15) is 8.78 Å². The van der Waals surface area contributed by atoms with Gasteiger partial charge in [-0.1, -0.05) is 12.7 Å². The Bertz CT molecular complexity index is 290. The van der Waals surface area contributed by atoms with Crippen LogP contribution in [0.25, 0.3) is 0 Å². The number of rotatable bonds is 8. The molecule has 1 unspecified atom stereocenters. The van der Waals surface area contributed by atoms with Gasteiger partial charge in [-0.3, -0.25) is 4.79 Å². The molecule has 0 fully saturated rings. The van der Waals surface area contributed by atoms with Gasteiger partial charge in [-0.05, 0) is 13.3 Å². The van der Waals surface area contributed by atoms with E-state index in [0.717, 1.165) is 6.08 Å². The molecule has 0 saturated carbocycles. The highest BCUT2D eigenvalue weighted by atomic mass is 19.3. The Hall–Kier alpha value is -1.30. The van der Waals surface area contributed by atoms with Crippen LogP contribution in [0.3, 0.4) is 0 Å². The summed E-state index contributed by atoms with van der Waals surface area (Å²) >= 11 is 0. The average molecular weight is 252 g/mol. The number of carbonyl (C=O) groups is 1. The standard InChI is InChI=1S/C11H15F3O3/c1-4-6-9(11(13,14)8(3)12)10(15)17-7-16-5-2/h4,9H,1,3,5-7H2,2H3. The third-order valence-electron chi connectivity index (χ3n) is 1.97. The summed E-state index contributed by atoms with van der Waals surface area (Å²) in [6.45, 7) is 7.22. The van der Waals surface area contributed by atoms with Crippen LogP contribution in [0.4, 0.5) is 13.2 Å². The van der Waals surface area contributed by atoms with Crippen LogP contribution in [0.5, 0.6) is 0 Å². The third kappa shape index (κ3) is 4.60. The van der Waals surface area contributed by atoms with Crippen LogP contribution < -0.4 is 0 Å². The van der Waals surface area contributed by atoms with Crippen molar-refractivity contribution in [2.75, 3.05) is 13.4 Å². The molecule has 6 heteroatoms. The van der Waals surface area contributed by atoms with Gasteiger partial charge in [0.2, 0.25) is 0 Å². The van der Waals surface area contributed by atoms with Crippen molar-refractivity contribution in [2.24, 2.45) is 5.92 Å². The summed E-state index contributed by atoms with van der Waals surface area (Å²) in [7, 11) is 0. The highest BCUT2D eigenvalue weighted by Gasteiger charge is 2.47. The first-order chi connectivity index (χ1) is 7.87. The first-order valence-corrected chi connectivity index (χ1v) is 4.95. The van der Waals surface area contributed by atoms with Crippen LogP contribution in [-0.2, 0) is 14.3 Å². The lowest BCUT2D eigenvalue weighted by Crippen LogP contribution is -2.36. The number of ether oxygens (including phenoxy) is 2. The smallest absolute Gasteiger partial charge is 0.317 e. The van der Waals surface area contributed by atoms with Crippen molar-refractivity contribution in [2.45, 2.75) is 19.3 Å². The van der Waals surface area contributed by atoms with Gasteiger partial charge in [-0.15, -0.1) is 6.58 Å². The molecule has 0 spiro atoms. The van der Waals surface area contributed by atoms with Crippen LogP contribution >= 0.6 is 0 Å². The molecule has 1 atom stereocenters. The molecule has 0 aliphatic heterocycles. The molecule has 0 radical (unpaired) electrons. The second kappa shape index (κ2) is 7.11. The fourth-order valence-corrected chi connectivity index (χ4v) is 1.03. The molecule has 0 aromatic heterocycles. The Morgan fingerprint density at radius 2 is 2.12 bits per heavy atom. The van der Waals surface area contributed by atoms with Crippen LogP contribution in [-0.4, -0.2) is 25.3 Å². The largest absolute Gasteiger partial charge is 0.438 e. The second-order valence-corrected chi connectivity index (χ2v) is 3.18.